The molecule has 0 aliphatic carbocycles. The Kier molecular flexibility index (Phi) is 5.48. The number of amides is 1. The molecular weight excluding hydrogens is 370 g/mol. The topological polar surface area (TPSA) is 90.4 Å². The summed E-state index contributed by atoms with van der Waals surface area (Å²) < 4.78 is 16.4. The number of aromatic nitrogens is 2. The van der Waals surface area contributed by atoms with Crippen LogP contribution in [0.4, 0.5) is 5.69 Å². The van der Waals surface area contributed by atoms with E-state index in [9.17, 15) is 4.79 Å². The van der Waals surface area contributed by atoms with Crippen molar-refractivity contribution in [2.24, 2.45) is 0 Å². The van der Waals surface area contributed by atoms with Crippen LogP contribution in [-0.2, 0) is 11.4 Å². The maximum atomic E-state index is 11.9. The lowest BCUT2D eigenvalue weighted by molar-refractivity contribution is -0.111. The fourth-order valence-electron chi connectivity index (χ4n) is 2.52. The summed E-state index contributed by atoms with van der Waals surface area (Å²) in [5.41, 5.74) is 1.50. The average molecular weight is 387 g/mol. The molecule has 1 amide bonds. The Morgan fingerprint density at radius 1 is 1.00 bits per heavy atom. The molecule has 1 N–H and O–H groups in total. The quantitative estimate of drug-likeness (QED) is 0.468. The first-order chi connectivity index (χ1) is 14.3. The van der Waals surface area contributed by atoms with Crippen molar-refractivity contribution in [2.45, 2.75) is 6.61 Å². The predicted octanol–water partition coefficient (Wildman–Crippen LogP) is 4.56. The minimum Gasteiger partial charge on any atom is -0.484 e. The van der Waals surface area contributed by atoms with Crippen LogP contribution in [0.2, 0.25) is 0 Å². The fourth-order valence-corrected chi connectivity index (χ4v) is 2.52. The summed E-state index contributed by atoms with van der Waals surface area (Å²) in [4.78, 5) is 11.9. The molecule has 2 aromatic carbocycles. The Morgan fingerprint density at radius 3 is 2.59 bits per heavy atom. The van der Waals surface area contributed by atoms with Gasteiger partial charge in [0, 0.05) is 17.3 Å². The first-order valence-electron chi connectivity index (χ1n) is 8.89. The zero-order valence-corrected chi connectivity index (χ0v) is 15.3. The number of furan rings is 1. The second-order valence-electron chi connectivity index (χ2n) is 6.02. The van der Waals surface area contributed by atoms with Gasteiger partial charge in [0.15, 0.2) is 6.61 Å². The van der Waals surface area contributed by atoms with Crippen LogP contribution < -0.4 is 10.1 Å². The molecule has 0 bridgehead atoms. The molecular formula is C22H17N3O4. The van der Waals surface area contributed by atoms with E-state index < -0.39 is 0 Å². The highest BCUT2D eigenvalue weighted by Crippen LogP contribution is 2.20. The van der Waals surface area contributed by atoms with E-state index in [2.05, 4.69) is 15.5 Å². The van der Waals surface area contributed by atoms with Gasteiger partial charge in [0.05, 0.1) is 6.26 Å². The van der Waals surface area contributed by atoms with Gasteiger partial charge in [-0.2, -0.15) is 0 Å². The highest BCUT2D eigenvalue weighted by Gasteiger charge is 2.08. The number of nitrogens with zero attached hydrogens (tertiary/aromatic N) is 2. The SMILES string of the molecule is O=C(C=Cc1ccco1)Nc1ccc(OCc2nnc(-c3ccccc3)o2)cc1. The molecule has 2 aromatic heterocycles. The third-order valence-electron chi connectivity index (χ3n) is 3.91. The summed E-state index contributed by atoms with van der Waals surface area (Å²) in [6, 6.07) is 20.0. The minimum absolute atomic E-state index is 0.150. The predicted molar refractivity (Wildman–Crippen MR) is 107 cm³/mol. The van der Waals surface area contributed by atoms with Gasteiger partial charge < -0.3 is 18.9 Å². The van der Waals surface area contributed by atoms with E-state index in [1.54, 1.807) is 48.7 Å². The van der Waals surface area contributed by atoms with Crippen LogP contribution in [0.1, 0.15) is 11.7 Å². The molecule has 0 saturated heterocycles. The Balaban J connectivity index is 1.29. The standard InChI is InChI=1S/C22H17N3O4/c26-20(13-12-18-7-4-14-27-18)23-17-8-10-19(11-9-17)28-15-21-24-25-22(29-21)16-5-2-1-3-6-16/h1-14H,15H2,(H,23,26). The highest BCUT2D eigenvalue weighted by atomic mass is 16.5. The molecule has 0 fully saturated rings. The molecule has 7 heteroatoms. The van der Waals surface area contributed by atoms with Crippen LogP contribution in [0.15, 0.2) is 87.9 Å². The number of anilines is 1. The molecule has 0 unspecified atom stereocenters. The van der Waals surface area contributed by atoms with E-state index in [1.807, 2.05) is 30.3 Å². The Bertz CT molecular complexity index is 1080. The van der Waals surface area contributed by atoms with Crippen molar-refractivity contribution in [1.82, 2.24) is 10.2 Å². The van der Waals surface area contributed by atoms with Gasteiger partial charge in [0.1, 0.15) is 11.5 Å². The van der Waals surface area contributed by atoms with Crippen molar-refractivity contribution in [3.8, 4) is 17.2 Å². The van der Waals surface area contributed by atoms with E-state index >= 15 is 0 Å². The molecule has 0 saturated carbocycles. The average Bonchev–Trinajstić information content (AvgIpc) is 3.45. The maximum absolute atomic E-state index is 11.9. The summed E-state index contributed by atoms with van der Waals surface area (Å²) in [7, 11) is 0. The van der Waals surface area contributed by atoms with Gasteiger partial charge in [0.25, 0.3) is 5.89 Å². The zero-order valence-electron chi connectivity index (χ0n) is 15.3. The first-order valence-corrected chi connectivity index (χ1v) is 8.89. The first kappa shape index (κ1) is 18.2. The van der Waals surface area contributed by atoms with Gasteiger partial charge in [-0.3, -0.25) is 4.79 Å². The second kappa shape index (κ2) is 8.71. The molecule has 144 valence electrons. The molecule has 7 nitrogen and oxygen atoms in total. The molecule has 0 radical (unpaired) electrons. The van der Waals surface area contributed by atoms with Crippen LogP contribution in [-0.4, -0.2) is 16.1 Å². The van der Waals surface area contributed by atoms with Gasteiger partial charge in [-0.15, -0.1) is 10.2 Å². The van der Waals surface area contributed by atoms with Gasteiger partial charge >= 0.3 is 0 Å². The van der Waals surface area contributed by atoms with Gasteiger partial charge in [0.2, 0.25) is 11.8 Å². The summed E-state index contributed by atoms with van der Waals surface area (Å²) in [5.74, 6) is 1.80. The number of rotatable bonds is 7. The van der Waals surface area contributed by atoms with Gasteiger partial charge in [-0.05, 0) is 54.6 Å². The number of benzene rings is 2. The molecule has 0 spiro atoms. The van der Waals surface area contributed by atoms with Crippen LogP contribution in [0, 0.1) is 0 Å². The van der Waals surface area contributed by atoms with Crippen molar-refractivity contribution in [2.75, 3.05) is 5.32 Å². The number of hydrogen-bond donors (Lipinski definition) is 1. The smallest absolute Gasteiger partial charge is 0.254 e. The van der Waals surface area contributed by atoms with Crippen LogP contribution in [0.25, 0.3) is 17.5 Å². The molecule has 0 aliphatic rings. The third kappa shape index (κ3) is 4.98. The van der Waals surface area contributed by atoms with Gasteiger partial charge in [-0.1, -0.05) is 18.2 Å². The molecule has 4 aromatic rings. The molecule has 29 heavy (non-hydrogen) atoms. The zero-order chi connectivity index (χ0) is 19.9. The normalized spacial score (nSPS) is 10.9. The van der Waals surface area contributed by atoms with E-state index in [1.165, 1.54) is 6.08 Å². The Morgan fingerprint density at radius 2 is 1.83 bits per heavy atom. The van der Waals surface area contributed by atoms with Crippen LogP contribution >= 0.6 is 0 Å². The lowest BCUT2D eigenvalue weighted by atomic mass is 10.2. The van der Waals surface area contributed by atoms with E-state index in [-0.39, 0.29) is 12.5 Å². The maximum Gasteiger partial charge on any atom is 0.254 e. The number of hydrogen-bond acceptors (Lipinski definition) is 6. The van der Waals surface area contributed by atoms with Crippen molar-refractivity contribution >= 4 is 17.7 Å². The van der Waals surface area contributed by atoms with E-state index in [0.717, 1.165) is 5.56 Å². The van der Waals surface area contributed by atoms with Crippen LogP contribution in [0.3, 0.4) is 0 Å². The summed E-state index contributed by atoms with van der Waals surface area (Å²) in [6.45, 7) is 0.150. The largest absolute Gasteiger partial charge is 0.484 e. The van der Waals surface area contributed by atoms with E-state index in [0.29, 0.717) is 29.0 Å². The van der Waals surface area contributed by atoms with Crippen molar-refractivity contribution in [3.05, 3.63) is 90.7 Å². The number of carbonyl (C=O) groups is 1. The third-order valence-corrected chi connectivity index (χ3v) is 3.91. The van der Waals surface area contributed by atoms with E-state index in [4.69, 9.17) is 13.6 Å². The lowest BCUT2D eigenvalue weighted by Gasteiger charge is -2.05. The molecule has 0 aliphatic heterocycles. The Hall–Kier alpha value is -4.13. The molecule has 4 rings (SSSR count). The highest BCUT2D eigenvalue weighted by molar-refractivity contribution is 6.01. The molecule has 0 atom stereocenters. The van der Waals surface area contributed by atoms with Crippen LogP contribution in [0.5, 0.6) is 5.75 Å². The van der Waals surface area contributed by atoms with Gasteiger partial charge in [-0.25, -0.2) is 0 Å². The second-order valence-corrected chi connectivity index (χ2v) is 6.02. The molecule has 2 heterocycles. The lowest BCUT2D eigenvalue weighted by Crippen LogP contribution is -2.07. The summed E-state index contributed by atoms with van der Waals surface area (Å²) >= 11 is 0. The number of ether oxygens (including phenoxy) is 1. The number of carbonyl (C=O) groups excluding carboxylic acids is 1. The fraction of sp³-hybridized carbons (Fsp3) is 0.0455. The summed E-state index contributed by atoms with van der Waals surface area (Å²) in [6.07, 6.45) is 4.55. The monoisotopic (exact) mass is 387 g/mol. The van der Waals surface area contributed by atoms with Crippen molar-refractivity contribution < 1.29 is 18.4 Å². The minimum atomic E-state index is -0.255. The van der Waals surface area contributed by atoms with Crippen molar-refractivity contribution in [3.63, 3.8) is 0 Å². The Labute approximate surface area is 166 Å². The number of nitrogens with one attached hydrogen (secondary N) is 1. The summed E-state index contributed by atoms with van der Waals surface area (Å²) in [5, 5.41) is 10.8. The van der Waals surface area contributed by atoms with Crippen molar-refractivity contribution in [1.29, 1.82) is 0 Å².